The SMILES string of the molecule is CCS(=O)(=O)N1CCC(C(=O)NC(CC(C)C)C(=O)O)CC1. The summed E-state index contributed by atoms with van der Waals surface area (Å²) >= 11 is 0. The molecule has 0 spiro atoms. The largest absolute Gasteiger partial charge is 0.480 e. The van der Waals surface area contributed by atoms with Crippen molar-refractivity contribution in [1.29, 1.82) is 0 Å². The average Bonchev–Trinajstić information content (AvgIpc) is 2.46. The van der Waals surface area contributed by atoms with E-state index < -0.39 is 22.0 Å². The molecule has 0 aromatic carbocycles. The minimum absolute atomic E-state index is 0.0549. The van der Waals surface area contributed by atoms with Crippen LogP contribution in [0.2, 0.25) is 0 Å². The highest BCUT2D eigenvalue weighted by atomic mass is 32.2. The normalized spacial score (nSPS) is 19.1. The molecule has 8 heteroatoms. The van der Waals surface area contributed by atoms with Gasteiger partial charge in [0.05, 0.1) is 5.75 Å². The zero-order valence-corrected chi connectivity index (χ0v) is 14.2. The van der Waals surface area contributed by atoms with Crippen LogP contribution in [-0.4, -0.2) is 54.6 Å². The molecule has 0 radical (unpaired) electrons. The van der Waals surface area contributed by atoms with Gasteiger partial charge in [0.1, 0.15) is 6.04 Å². The van der Waals surface area contributed by atoms with Crippen molar-refractivity contribution >= 4 is 21.9 Å². The molecular weight excluding hydrogens is 308 g/mol. The van der Waals surface area contributed by atoms with Crippen LogP contribution in [0.25, 0.3) is 0 Å². The standard InChI is InChI=1S/C14H26N2O5S/c1-4-22(20,21)16-7-5-11(6-8-16)13(17)15-12(14(18)19)9-10(2)3/h10-12H,4-9H2,1-3H3,(H,15,17)(H,18,19). The monoisotopic (exact) mass is 334 g/mol. The molecule has 7 nitrogen and oxygen atoms in total. The van der Waals surface area contributed by atoms with Gasteiger partial charge in [-0.25, -0.2) is 17.5 Å². The van der Waals surface area contributed by atoms with Gasteiger partial charge in [0.25, 0.3) is 0 Å². The van der Waals surface area contributed by atoms with Gasteiger partial charge in [-0.15, -0.1) is 0 Å². The molecule has 0 bridgehead atoms. The lowest BCUT2D eigenvalue weighted by molar-refractivity contribution is -0.143. The van der Waals surface area contributed by atoms with Gasteiger partial charge in [0.15, 0.2) is 0 Å². The maximum absolute atomic E-state index is 12.2. The maximum atomic E-state index is 12.2. The first-order chi connectivity index (χ1) is 10.2. The van der Waals surface area contributed by atoms with E-state index >= 15 is 0 Å². The van der Waals surface area contributed by atoms with E-state index in [-0.39, 0.29) is 23.5 Å². The lowest BCUT2D eigenvalue weighted by Gasteiger charge is -2.31. The van der Waals surface area contributed by atoms with Crippen LogP contribution in [0.15, 0.2) is 0 Å². The average molecular weight is 334 g/mol. The number of aliphatic carboxylic acids is 1. The van der Waals surface area contributed by atoms with Crippen LogP contribution in [0.1, 0.15) is 40.0 Å². The minimum atomic E-state index is -3.22. The number of hydrogen-bond donors (Lipinski definition) is 2. The topological polar surface area (TPSA) is 104 Å². The van der Waals surface area contributed by atoms with Gasteiger partial charge in [-0.2, -0.15) is 0 Å². The van der Waals surface area contributed by atoms with Crippen molar-refractivity contribution in [3.8, 4) is 0 Å². The van der Waals surface area contributed by atoms with E-state index in [9.17, 15) is 18.0 Å². The van der Waals surface area contributed by atoms with E-state index in [1.54, 1.807) is 6.92 Å². The molecule has 1 amide bonds. The van der Waals surface area contributed by atoms with Crippen molar-refractivity contribution in [2.24, 2.45) is 11.8 Å². The number of carboxylic acid groups (broad SMARTS) is 1. The summed E-state index contributed by atoms with van der Waals surface area (Å²) in [6.07, 6.45) is 1.24. The second kappa shape index (κ2) is 7.92. The smallest absolute Gasteiger partial charge is 0.326 e. The van der Waals surface area contributed by atoms with Crippen LogP contribution in [0.5, 0.6) is 0 Å². The Morgan fingerprint density at radius 1 is 1.27 bits per heavy atom. The Morgan fingerprint density at radius 3 is 2.23 bits per heavy atom. The number of hydrogen-bond acceptors (Lipinski definition) is 4. The number of amides is 1. The Kier molecular flexibility index (Phi) is 6.80. The van der Waals surface area contributed by atoms with E-state index in [1.165, 1.54) is 4.31 Å². The molecule has 1 unspecified atom stereocenters. The number of carboxylic acids is 1. The van der Waals surface area contributed by atoms with E-state index in [1.807, 2.05) is 13.8 Å². The van der Waals surface area contributed by atoms with Gasteiger partial charge in [-0.1, -0.05) is 13.8 Å². The Hall–Kier alpha value is -1.15. The molecule has 1 aliphatic rings. The summed E-state index contributed by atoms with van der Waals surface area (Å²) in [7, 11) is -3.22. The molecule has 0 aliphatic carbocycles. The fourth-order valence-electron chi connectivity index (χ4n) is 2.56. The summed E-state index contributed by atoms with van der Waals surface area (Å²) in [6.45, 7) is 6.02. The molecule has 1 saturated heterocycles. The summed E-state index contributed by atoms with van der Waals surface area (Å²) < 4.78 is 24.9. The summed E-state index contributed by atoms with van der Waals surface area (Å²) in [5.41, 5.74) is 0. The van der Waals surface area contributed by atoms with Gasteiger partial charge in [-0.3, -0.25) is 4.79 Å². The molecule has 0 saturated carbocycles. The number of nitrogens with zero attached hydrogens (tertiary/aromatic N) is 1. The van der Waals surface area contributed by atoms with Crippen LogP contribution in [-0.2, 0) is 19.6 Å². The fraction of sp³-hybridized carbons (Fsp3) is 0.857. The van der Waals surface area contributed by atoms with Crippen LogP contribution < -0.4 is 5.32 Å². The number of sulfonamides is 1. The first kappa shape index (κ1) is 18.9. The third kappa shape index (κ3) is 5.24. The van der Waals surface area contributed by atoms with Gasteiger partial charge in [0.2, 0.25) is 15.9 Å². The van der Waals surface area contributed by atoms with Gasteiger partial charge >= 0.3 is 5.97 Å². The van der Waals surface area contributed by atoms with E-state index in [0.717, 1.165) is 0 Å². The predicted octanol–water partition coefficient (Wildman–Crippen LogP) is 0.664. The molecule has 0 aromatic heterocycles. The zero-order valence-electron chi connectivity index (χ0n) is 13.4. The molecule has 1 fully saturated rings. The Bertz CT molecular complexity index is 495. The van der Waals surface area contributed by atoms with Crippen molar-refractivity contribution in [3.05, 3.63) is 0 Å². The van der Waals surface area contributed by atoms with Crippen LogP contribution in [0.3, 0.4) is 0 Å². The summed E-state index contributed by atoms with van der Waals surface area (Å²) in [6, 6.07) is -0.884. The van der Waals surface area contributed by atoms with Crippen molar-refractivity contribution in [2.75, 3.05) is 18.8 Å². The van der Waals surface area contributed by atoms with Gasteiger partial charge in [-0.05, 0) is 32.1 Å². The molecule has 1 atom stereocenters. The van der Waals surface area contributed by atoms with Gasteiger partial charge < -0.3 is 10.4 Å². The van der Waals surface area contributed by atoms with Crippen molar-refractivity contribution in [2.45, 2.75) is 46.1 Å². The Balaban J connectivity index is 2.56. The number of carbonyl (C=O) groups is 2. The second-order valence-corrected chi connectivity index (χ2v) is 8.36. The van der Waals surface area contributed by atoms with E-state index in [2.05, 4.69) is 5.32 Å². The van der Waals surface area contributed by atoms with Crippen molar-refractivity contribution < 1.29 is 23.1 Å². The zero-order chi connectivity index (χ0) is 16.9. The van der Waals surface area contributed by atoms with Gasteiger partial charge in [0, 0.05) is 19.0 Å². The van der Waals surface area contributed by atoms with Crippen LogP contribution >= 0.6 is 0 Å². The number of carbonyl (C=O) groups excluding carboxylic acids is 1. The van der Waals surface area contributed by atoms with Crippen molar-refractivity contribution in [1.82, 2.24) is 9.62 Å². The minimum Gasteiger partial charge on any atom is -0.480 e. The van der Waals surface area contributed by atoms with Crippen molar-refractivity contribution in [3.63, 3.8) is 0 Å². The summed E-state index contributed by atoms with van der Waals surface area (Å²) in [4.78, 5) is 23.4. The van der Waals surface area contributed by atoms with Crippen LogP contribution in [0, 0.1) is 11.8 Å². The number of nitrogens with one attached hydrogen (secondary N) is 1. The third-order valence-electron chi connectivity index (χ3n) is 3.90. The summed E-state index contributed by atoms with van der Waals surface area (Å²) in [5.74, 6) is -1.43. The fourth-order valence-corrected chi connectivity index (χ4v) is 3.69. The van der Waals surface area contributed by atoms with E-state index in [0.29, 0.717) is 32.4 Å². The number of rotatable bonds is 7. The lowest BCUT2D eigenvalue weighted by atomic mass is 9.96. The molecule has 1 aliphatic heterocycles. The molecule has 128 valence electrons. The first-order valence-corrected chi connectivity index (χ1v) is 9.29. The maximum Gasteiger partial charge on any atom is 0.326 e. The summed E-state index contributed by atoms with van der Waals surface area (Å²) in [5, 5.41) is 11.7. The molecule has 2 N–H and O–H groups in total. The molecule has 22 heavy (non-hydrogen) atoms. The second-order valence-electron chi connectivity index (χ2n) is 6.10. The highest BCUT2D eigenvalue weighted by Gasteiger charge is 2.32. The molecule has 0 aromatic rings. The molecular formula is C14H26N2O5S. The highest BCUT2D eigenvalue weighted by Crippen LogP contribution is 2.20. The Morgan fingerprint density at radius 2 is 1.82 bits per heavy atom. The highest BCUT2D eigenvalue weighted by molar-refractivity contribution is 7.89. The third-order valence-corrected chi connectivity index (χ3v) is 5.79. The quantitative estimate of drug-likeness (QED) is 0.712. The Labute approximate surface area is 132 Å². The lowest BCUT2D eigenvalue weighted by Crippen LogP contribution is -2.48. The van der Waals surface area contributed by atoms with Crippen LogP contribution in [0.4, 0.5) is 0 Å². The first-order valence-electron chi connectivity index (χ1n) is 7.68. The molecule has 1 rings (SSSR count). The predicted molar refractivity (Wildman–Crippen MR) is 82.8 cm³/mol. The number of piperidine rings is 1. The van der Waals surface area contributed by atoms with E-state index in [4.69, 9.17) is 5.11 Å². The molecule has 1 heterocycles.